The second kappa shape index (κ2) is 15.9. The van der Waals surface area contributed by atoms with Crippen molar-refractivity contribution in [2.24, 2.45) is 17.1 Å². The van der Waals surface area contributed by atoms with Crippen molar-refractivity contribution in [1.82, 2.24) is 0 Å². The molecule has 11 nitrogen and oxygen atoms in total. The van der Waals surface area contributed by atoms with E-state index in [-0.39, 0.29) is 24.7 Å². The molecule has 0 bridgehead atoms. The molecule has 0 aliphatic rings. The van der Waals surface area contributed by atoms with Crippen LogP contribution in [0, 0.1) is 11.3 Å². The number of benzene rings is 1. The summed E-state index contributed by atoms with van der Waals surface area (Å²) in [4.78, 5) is 48.9. The smallest absolute Gasteiger partial charge is 0.480 e. The number of esters is 1. The first kappa shape index (κ1) is 33.7. The molecule has 0 fully saturated rings. The molecule has 3 N–H and O–H groups in total. The maximum absolute atomic E-state index is 12.5. The number of ether oxygens (including phenoxy) is 5. The van der Waals surface area contributed by atoms with Crippen LogP contribution in [0.2, 0.25) is 0 Å². The molecule has 4 atom stereocenters. The maximum Gasteiger partial charge on any atom is 0.513 e. The van der Waals surface area contributed by atoms with Crippen molar-refractivity contribution in [1.29, 1.82) is 0 Å². The van der Waals surface area contributed by atoms with Gasteiger partial charge in [0, 0.05) is 11.8 Å². The third-order valence-corrected chi connectivity index (χ3v) is 6.06. The molecule has 0 aliphatic carbocycles. The van der Waals surface area contributed by atoms with Gasteiger partial charge in [-0.15, -0.1) is 0 Å². The molecule has 39 heavy (non-hydrogen) atoms. The lowest BCUT2D eigenvalue weighted by atomic mass is 9.79. The first-order chi connectivity index (χ1) is 18.2. The molecule has 1 aromatic rings. The average molecular weight is 554 g/mol. The highest BCUT2D eigenvalue weighted by Crippen LogP contribution is 2.37. The zero-order chi connectivity index (χ0) is 29.8. The van der Waals surface area contributed by atoms with Crippen LogP contribution in [0.15, 0.2) is 18.2 Å². The lowest BCUT2D eigenvalue weighted by Crippen LogP contribution is -2.43. The minimum atomic E-state index is -1.40. The van der Waals surface area contributed by atoms with Crippen molar-refractivity contribution in [3.05, 3.63) is 23.8 Å². The minimum absolute atomic E-state index is 0.129. The Morgan fingerprint density at radius 1 is 0.897 bits per heavy atom. The second-order valence-electron chi connectivity index (χ2n) is 10.4. The molecule has 220 valence electrons. The van der Waals surface area contributed by atoms with Crippen LogP contribution in [0.5, 0.6) is 11.5 Å². The van der Waals surface area contributed by atoms with E-state index in [9.17, 15) is 24.3 Å². The Labute approximate surface area is 230 Å². The van der Waals surface area contributed by atoms with E-state index in [1.165, 1.54) is 18.2 Å². The molecule has 0 amide bonds. The van der Waals surface area contributed by atoms with Gasteiger partial charge in [-0.1, -0.05) is 39.7 Å². The lowest BCUT2D eigenvalue weighted by Gasteiger charge is -2.33. The highest BCUT2D eigenvalue weighted by Gasteiger charge is 2.37. The summed E-state index contributed by atoms with van der Waals surface area (Å²) in [6.45, 7) is 12.7. The fraction of sp³-hybridized carbons (Fsp3) is 0.643. The molecule has 0 saturated heterocycles. The SMILES string of the molecule is CCCCOC(=O)Oc1ccc(C(C(C)C(C)OC(=O)C(C)(C)C)[C@H](N)C(=O)O)cc1OC(=O)OCCCC. The average Bonchev–Trinajstić information content (AvgIpc) is 2.85. The predicted molar refractivity (Wildman–Crippen MR) is 143 cm³/mol. The summed E-state index contributed by atoms with van der Waals surface area (Å²) in [6.07, 6.45) is 0.157. The summed E-state index contributed by atoms with van der Waals surface area (Å²) in [7, 11) is 0. The molecule has 0 saturated carbocycles. The summed E-state index contributed by atoms with van der Waals surface area (Å²) in [5, 5.41) is 9.74. The number of nitrogens with two attached hydrogens (primary N) is 1. The van der Waals surface area contributed by atoms with Crippen LogP contribution in [-0.2, 0) is 23.8 Å². The molecule has 0 heterocycles. The summed E-state index contributed by atoms with van der Waals surface area (Å²) in [5.74, 6) is -3.49. The van der Waals surface area contributed by atoms with Gasteiger partial charge in [0.15, 0.2) is 11.5 Å². The fourth-order valence-electron chi connectivity index (χ4n) is 3.47. The number of unbranched alkanes of at least 4 members (excludes halogenated alkanes) is 2. The van der Waals surface area contributed by atoms with E-state index in [1.807, 2.05) is 13.8 Å². The maximum atomic E-state index is 12.5. The van der Waals surface area contributed by atoms with Gasteiger partial charge in [0.1, 0.15) is 12.1 Å². The zero-order valence-corrected chi connectivity index (χ0v) is 24.0. The van der Waals surface area contributed by atoms with Crippen molar-refractivity contribution in [2.45, 2.75) is 92.2 Å². The van der Waals surface area contributed by atoms with Crippen molar-refractivity contribution in [3.8, 4) is 11.5 Å². The molecule has 0 aromatic heterocycles. The number of carboxylic acid groups (broad SMARTS) is 1. The van der Waals surface area contributed by atoms with Crippen LogP contribution in [0.4, 0.5) is 9.59 Å². The Hall–Kier alpha value is -3.34. The molecular weight excluding hydrogens is 510 g/mol. The van der Waals surface area contributed by atoms with Gasteiger partial charge in [-0.25, -0.2) is 9.59 Å². The molecule has 3 unspecified atom stereocenters. The van der Waals surface area contributed by atoms with E-state index < -0.39 is 53.6 Å². The highest BCUT2D eigenvalue weighted by molar-refractivity contribution is 5.76. The van der Waals surface area contributed by atoms with E-state index in [4.69, 9.17) is 29.4 Å². The number of rotatable bonds is 14. The molecular formula is C28H43NO10. The molecule has 0 spiro atoms. The van der Waals surface area contributed by atoms with Crippen LogP contribution in [0.25, 0.3) is 0 Å². The highest BCUT2D eigenvalue weighted by atomic mass is 16.7. The summed E-state index contributed by atoms with van der Waals surface area (Å²) in [5.41, 5.74) is 5.69. The van der Waals surface area contributed by atoms with Gasteiger partial charge >= 0.3 is 24.2 Å². The molecule has 1 rings (SSSR count). The van der Waals surface area contributed by atoms with Gasteiger partial charge in [0.25, 0.3) is 0 Å². The van der Waals surface area contributed by atoms with Gasteiger partial charge < -0.3 is 34.5 Å². The van der Waals surface area contributed by atoms with Crippen LogP contribution in [0.1, 0.15) is 85.6 Å². The zero-order valence-electron chi connectivity index (χ0n) is 24.0. The molecule has 0 aliphatic heterocycles. The number of carbonyl (C=O) groups is 4. The minimum Gasteiger partial charge on any atom is -0.480 e. The van der Waals surface area contributed by atoms with E-state index in [0.29, 0.717) is 18.4 Å². The monoisotopic (exact) mass is 553 g/mol. The van der Waals surface area contributed by atoms with Crippen molar-refractivity contribution in [2.75, 3.05) is 13.2 Å². The van der Waals surface area contributed by atoms with Gasteiger partial charge in [-0.3, -0.25) is 9.59 Å². The van der Waals surface area contributed by atoms with E-state index >= 15 is 0 Å². The van der Waals surface area contributed by atoms with E-state index in [2.05, 4.69) is 0 Å². The normalized spacial score (nSPS) is 14.4. The van der Waals surface area contributed by atoms with E-state index in [1.54, 1.807) is 34.6 Å². The van der Waals surface area contributed by atoms with Gasteiger partial charge in [-0.2, -0.15) is 0 Å². The first-order valence-corrected chi connectivity index (χ1v) is 13.2. The van der Waals surface area contributed by atoms with Crippen LogP contribution in [-0.4, -0.2) is 54.7 Å². The lowest BCUT2D eigenvalue weighted by molar-refractivity contribution is -0.160. The quantitative estimate of drug-likeness (QED) is 0.131. The summed E-state index contributed by atoms with van der Waals surface area (Å²) in [6, 6.07) is 2.82. The third-order valence-electron chi connectivity index (χ3n) is 6.06. The number of aliphatic carboxylic acids is 1. The van der Waals surface area contributed by atoms with Crippen molar-refractivity contribution in [3.63, 3.8) is 0 Å². The van der Waals surface area contributed by atoms with Gasteiger partial charge in [0.05, 0.1) is 18.6 Å². The third kappa shape index (κ3) is 11.1. The summed E-state index contributed by atoms with van der Waals surface area (Å²) < 4.78 is 26.3. The van der Waals surface area contributed by atoms with Crippen LogP contribution in [0.3, 0.4) is 0 Å². The van der Waals surface area contributed by atoms with Gasteiger partial charge in [0.2, 0.25) is 0 Å². The van der Waals surface area contributed by atoms with Gasteiger partial charge in [-0.05, 0) is 58.2 Å². The Morgan fingerprint density at radius 3 is 1.87 bits per heavy atom. The topological polar surface area (TPSA) is 161 Å². The number of hydrogen-bond acceptors (Lipinski definition) is 10. The van der Waals surface area contributed by atoms with Crippen LogP contribution < -0.4 is 15.2 Å². The Balaban J connectivity index is 3.40. The Morgan fingerprint density at radius 2 is 1.41 bits per heavy atom. The molecule has 11 heteroatoms. The summed E-state index contributed by atoms with van der Waals surface area (Å²) >= 11 is 0. The van der Waals surface area contributed by atoms with E-state index in [0.717, 1.165) is 12.8 Å². The number of hydrogen-bond donors (Lipinski definition) is 2. The van der Waals surface area contributed by atoms with Crippen LogP contribution >= 0.6 is 0 Å². The van der Waals surface area contributed by atoms with Crippen molar-refractivity contribution >= 4 is 24.2 Å². The predicted octanol–water partition coefficient (Wildman–Crippen LogP) is 5.43. The largest absolute Gasteiger partial charge is 0.513 e. The second-order valence-corrected chi connectivity index (χ2v) is 10.4. The van der Waals surface area contributed by atoms with Crippen molar-refractivity contribution < 1.29 is 48.0 Å². The fourth-order valence-corrected chi connectivity index (χ4v) is 3.47. The Kier molecular flexibility index (Phi) is 13.8. The standard InChI is InChI=1S/C28H43NO10/c1-8-10-14-35-26(33)38-20-13-12-19(16-21(20)39-27(34)36-15-11-9-2)22(23(29)24(30)31)17(3)18(4)37-25(32)28(5,6)7/h12-13,16-18,22-23H,8-11,14-15,29H2,1-7H3,(H,30,31)/t17?,18?,22?,23-/m0/s1. The first-order valence-electron chi connectivity index (χ1n) is 13.2. The molecule has 0 radical (unpaired) electrons. The number of carboxylic acids is 1. The number of carbonyl (C=O) groups excluding carboxylic acids is 3. The molecule has 1 aromatic carbocycles. The Bertz CT molecular complexity index is 972.